The Balaban J connectivity index is 1.53. The second kappa shape index (κ2) is 9.38. The number of nitrogens with zero attached hydrogens (tertiary/aromatic N) is 7. The van der Waals surface area contributed by atoms with Gasteiger partial charge in [-0.05, 0) is 40.5 Å². The highest BCUT2D eigenvalue weighted by Crippen LogP contribution is 2.29. The number of aromatic nitrogens is 7. The third-order valence-corrected chi connectivity index (χ3v) is 5.50. The molecule has 10 nitrogen and oxygen atoms in total. The molecule has 4 aromatic rings. The van der Waals surface area contributed by atoms with Gasteiger partial charge in [0.1, 0.15) is 12.2 Å². The lowest BCUT2D eigenvalue weighted by molar-refractivity contribution is 0.121. The molecule has 4 rings (SSSR count). The summed E-state index contributed by atoms with van der Waals surface area (Å²) < 4.78 is 1.74. The summed E-state index contributed by atoms with van der Waals surface area (Å²) in [6.45, 7) is 4.54. The van der Waals surface area contributed by atoms with Gasteiger partial charge in [0.05, 0.1) is 13.1 Å². The summed E-state index contributed by atoms with van der Waals surface area (Å²) in [4.78, 5) is 17.3. The van der Waals surface area contributed by atoms with E-state index in [-0.39, 0.29) is 12.6 Å². The van der Waals surface area contributed by atoms with E-state index in [1.807, 2.05) is 62.4 Å². The van der Waals surface area contributed by atoms with E-state index >= 15 is 0 Å². The van der Waals surface area contributed by atoms with E-state index in [2.05, 4.69) is 30.7 Å². The fourth-order valence-electron chi connectivity index (χ4n) is 3.50. The van der Waals surface area contributed by atoms with Crippen LogP contribution in [0.4, 0.5) is 4.79 Å². The van der Waals surface area contributed by atoms with E-state index in [0.717, 1.165) is 28.7 Å². The van der Waals surface area contributed by atoms with Crippen LogP contribution in [0.25, 0.3) is 22.5 Å². The summed E-state index contributed by atoms with van der Waals surface area (Å²) in [6, 6.07) is 16.0. The van der Waals surface area contributed by atoms with Crippen molar-refractivity contribution in [2.24, 2.45) is 0 Å². The molecule has 2 N–H and O–H groups in total. The molecule has 32 heavy (non-hydrogen) atoms. The van der Waals surface area contributed by atoms with Crippen molar-refractivity contribution in [1.29, 1.82) is 0 Å². The van der Waals surface area contributed by atoms with E-state index in [9.17, 15) is 9.90 Å². The molecule has 2 aromatic heterocycles. The average Bonchev–Trinajstić information content (AvgIpc) is 3.50. The van der Waals surface area contributed by atoms with Crippen molar-refractivity contribution in [3.63, 3.8) is 0 Å². The van der Waals surface area contributed by atoms with Crippen molar-refractivity contribution in [2.75, 3.05) is 0 Å². The molecule has 1 unspecified atom stereocenters. The maximum atomic E-state index is 11.6. The van der Waals surface area contributed by atoms with Gasteiger partial charge in [-0.1, -0.05) is 55.5 Å². The van der Waals surface area contributed by atoms with Crippen molar-refractivity contribution < 1.29 is 9.90 Å². The molecular weight excluding hydrogens is 408 g/mol. The van der Waals surface area contributed by atoms with Gasteiger partial charge >= 0.3 is 6.09 Å². The van der Waals surface area contributed by atoms with E-state index < -0.39 is 6.09 Å². The van der Waals surface area contributed by atoms with Crippen LogP contribution in [-0.2, 0) is 13.1 Å². The molecule has 1 amide bonds. The number of rotatable bonds is 8. The van der Waals surface area contributed by atoms with Crippen molar-refractivity contribution in [2.45, 2.75) is 39.4 Å². The van der Waals surface area contributed by atoms with Gasteiger partial charge in [0.25, 0.3) is 0 Å². The van der Waals surface area contributed by atoms with Gasteiger partial charge in [0.15, 0.2) is 5.82 Å². The number of benzene rings is 2. The van der Waals surface area contributed by atoms with Gasteiger partial charge in [-0.15, -0.1) is 5.10 Å². The highest BCUT2D eigenvalue weighted by atomic mass is 16.4. The van der Waals surface area contributed by atoms with Gasteiger partial charge in [-0.2, -0.15) is 5.10 Å². The summed E-state index contributed by atoms with van der Waals surface area (Å²) in [6.07, 6.45) is 1.23. The molecule has 0 bridgehead atoms. The van der Waals surface area contributed by atoms with Crippen LogP contribution >= 0.6 is 0 Å². The minimum absolute atomic E-state index is 0.100. The van der Waals surface area contributed by atoms with E-state index in [4.69, 9.17) is 0 Å². The maximum Gasteiger partial charge on any atom is 0.407 e. The van der Waals surface area contributed by atoms with Crippen LogP contribution in [-0.4, -0.2) is 57.5 Å². The third kappa shape index (κ3) is 4.48. The van der Waals surface area contributed by atoms with Crippen LogP contribution < -0.4 is 0 Å². The first-order valence-electron chi connectivity index (χ1n) is 10.4. The molecule has 10 heteroatoms. The van der Waals surface area contributed by atoms with Gasteiger partial charge in [-0.3, -0.25) is 4.90 Å². The fraction of sp³-hybridized carbons (Fsp3) is 0.273. The van der Waals surface area contributed by atoms with E-state index in [1.54, 1.807) is 4.68 Å². The lowest BCUT2D eigenvalue weighted by Crippen LogP contribution is -2.37. The van der Waals surface area contributed by atoms with E-state index in [0.29, 0.717) is 18.2 Å². The zero-order valence-corrected chi connectivity index (χ0v) is 17.9. The van der Waals surface area contributed by atoms with E-state index in [1.165, 1.54) is 11.2 Å². The molecule has 164 valence electrons. The number of tetrazole rings is 1. The van der Waals surface area contributed by atoms with Gasteiger partial charge in [-0.25, -0.2) is 19.6 Å². The Morgan fingerprint density at radius 1 is 1.16 bits per heavy atom. The minimum Gasteiger partial charge on any atom is -0.465 e. The standard InChI is InChI=1S/C22H24N8O2/c1-3-15(2)29(22(31)32)13-20-23-14-24-30(20)12-16-8-10-17(11-9-16)18-6-4-5-7-19(18)21-25-27-28-26-21/h4-11,14-15H,3,12-13H2,1-2H3,(H,31,32)(H,25,26,27,28). The normalized spacial score (nSPS) is 11.9. The number of carbonyl (C=O) groups is 1. The number of hydrogen-bond acceptors (Lipinski definition) is 6. The van der Waals surface area contributed by atoms with Gasteiger partial charge < -0.3 is 5.11 Å². The van der Waals surface area contributed by atoms with Crippen LogP contribution in [0.15, 0.2) is 54.9 Å². The topological polar surface area (TPSA) is 126 Å². The first-order chi connectivity index (χ1) is 15.6. The first-order valence-corrected chi connectivity index (χ1v) is 10.4. The molecule has 0 spiro atoms. The zero-order chi connectivity index (χ0) is 22.5. The second-order valence-electron chi connectivity index (χ2n) is 7.49. The molecule has 0 saturated heterocycles. The molecule has 2 aromatic carbocycles. The lowest BCUT2D eigenvalue weighted by atomic mass is 9.98. The number of amides is 1. The Morgan fingerprint density at radius 2 is 1.91 bits per heavy atom. The Bertz CT molecular complexity index is 1170. The quantitative estimate of drug-likeness (QED) is 0.437. The van der Waals surface area contributed by atoms with Crippen LogP contribution in [0, 0.1) is 0 Å². The molecular formula is C22H24N8O2. The molecule has 1 atom stereocenters. The minimum atomic E-state index is -0.959. The Morgan fingerprint density at radius 3 is 2.56 bits per heavy atom. The molecule has 0 fully saturated rings. The van der Waals surface area contributed by atoms with Crippen LogP contribution in [0.3, 0.4) is 0 Å². The summed E-state index contributed by atoms with van der Waals surface area (Å²) in [7, 11) is 0. The molecule has 0 aliphatic heterocycles. The molecule has 0 aliphatic rings. The largest absolute Gasteiger partial charge is 0.465 e. The van der Waals surface area contributed by atoms with Crippen molar-refractivity contribution in [3.05, 3.63) is 66.2 Å². The van der Waals surface area contributed by atoms with Crippen molar-refractivity contribution >= 4 is 6.09 Å². The van der Waals surface area contributed by atoms with Crippen molar-refractivity contribution in [3.8, 4) is 22.5 Å². The third-order valence-electron chi connectivity index (χ3n) is 5.50. The number of H-pyrrole nitrogens is 1. The smallest absolute Gasteiger partial charge is 0.407 e. The molecule has 0 aliphatic carbocycles. The second-order valence-corrected chi connectivity index (χ2v) is 7.49. The summed E-state index contributed by atoms with van der Waals surface area (Å²) >= 11 is 0. The van der Waals surface area contributed by atoms with Gasteiger partial charge in [0.2, 0.25) is 0 Å². The molecule has 0 radical (unpaired) electrons. The van der Waals surface area contributed by atoms with Gasteiger partial charge in [0, 0.05) is 11.6 Å². The SMILES string of the molecule is CCC(C)N(Cc1ncnn1Cc1ccc(-c2ccccc2-c2nnn[nH]2)cc1)C(=O)O. The number of hydrogen-bond donors (Lipinski definition) is 2. The van der Waals surface area contributed by atoms with Crippen LogP contribution in [0.1, 0.15) is 31.7 Å². The monoisotopic (exact) mass is 432 g/mol. The average molecular weight is 432 g/mol. The van der Waals surface area contributed by atoms with Crippen molar-refractivity contribution in [1.82, 2.24) is 40.3 Å². The predicted octanol–water partition coefficient (Wildman–Crippen LogP) is 3.45. The highest BCUT2D eigenvalue weighted by Gasteiger charge is 2.21. The maximum absolute atomic E-state index is 11.6. The summed E-state index contributed by atoms with van der Waals surface area (Å²) in [5.74, 6) is 1.22. The Labute approximate surface area is 184 Å². The molecule has 2 heterocycles. The zero-order valence-electron chi connectivity index (χ0n) is 17.9. The number of carboxylic acid groups (broad SMARTS) is 1. The summed E-state index contributed by atoms with van der Waals surface area (Å²) in [5.41, 5.74) is 4.01. The first kappa shape index (κ1) is 21.2. The number of aromatic amines is 1. The lowest BCUT2D eigenvalue weighted by Gasteiger charge is -2.25. The summed E-state index contributed by atoms with van der Waals surface area (Å²) in [5, 5.41) is 28.0. The highest BCUT2D eigenvalue weighted by molar-refractivity contribution is 5.80. The number of nitrogens with one attached hydrogen (secondary N) is 1. The predicted molar refractivity (Wildman–Crippen MR) is 117 cm³/mol. The fourth-order valence-corrected chi connectivity index (χ4v) is 3.50. The molecule has 0 saturated carbocycles. The van der Waals surface area contributed by atoms with Crippen LogP contribution in [0.2, 0.25) is 0 Å². The van der Waals surface area contributed by atoms with Crippen LogP contribution in [0.5, 0.6) is 0 Å². The Kier molecular flexibility index (Phi) is 6.20. The Hall–Kier alpha value is -4.08.